The van der Waals surface area contributed by atoms with Gasteiger partial charge in [-0.05, 0) is 38.5 Å². The molecule has 0 radical (unpaired) electrons. The topological polar surface area (TPSA) is 70.7 Å². The summed E-state index contributed by atoms with van der Waals surface area (Å²) in [5.41, 5.74) is 3.92. The third-order valence-electron chi connectivity index (χ3n) is 4.13. The zero-order valence-electron chi connectivity index (χ0n) is 13.1. The van der Waals surface area contributed by atoms with Gasteiger partial charge in [0.1, 0.15) is 0 Å². The highest BCUT2D eigenvalue weighted by Gasteiger charge is 2.24. The molecule has 1 amide bonds. The molecule has 2 N–H and O–H groups in total. The van der Waals surface area contributed by atoms with Crippen LogP contribution in [0, 0.1) is 12.8 Å². The number of nitrogens with zero attached hydrogens (tertiary/aromatic N) is 2. The Morgan fingerprint density at radius 3 is 3.18 bits per heavy atom. The lowest BCUT2D eigenvalue weighted by atomic mass is 9.87. The van der Waals surface area contributed by atoms with E-state index in [0.29, 0.717) is 18.2 Å². The molecule has 1 aliphatic carbocycles. The molecule has 0 aromatic carbocycles. The van der Waals surface area contributed by atoms with Crippen molar-refractivity contribution in [2.75, 3.05) is 6.54 Å². The van der Waals surface area contributed by atoms with Crippen LogP contribution in [-0.4, -0.2) is 27.6 Å². The predicted molar refractivity (Wildman–Crippen MR) is 87.3 cm³/mol. The van der Waals surface area contributed by atoms with Crippen molar-refractivity contribution in [3.05, 3.63) is 33.0 Å². The maximum absolute atomic E-state index is 12.3. The summed E-state index contributed by atoms with van der Waals surface area (Å²) >= 11 is 1.68. The minimum absolute atomic E-state index is 0.0538. The minimum Gasteiger partial charge on any atom is -0.351 e. The first-order valence-corrected chi connectivity index (χ1v) is 8.76. The SMILES string of the molecule is Cc1csc(CCCNC(=O)c2n[nH]c3c2CC(C)CC3)n1. The van der Waals surface area contributed by atoms with Crippen LogP contribution in [0.2, 0.25) is 0 Å². The molecule has 0 aliphatic heterocycles. The summed E-state index contributed by atoms with van der Waals surface area (Å²) in [6.07, 6.45) is 4.94. The Morgan fingerprint density at radius 2 is 2.41 bits per heavy atom. The average molecular weight is 318 g/mol. The average Bonchev–Trinajstić information content (AvgIpc) is 3.09. The Balaban J connectivity index is 1.51. The van der Waals surface area contributed by atoms with Gasteiger partial charge in [0.25, 0.3) is 5.91 Å². The van der Waals surface area contributed by atoms with Crippen molar-refractivity contribution in [3.63, 3.8) is 0 Å². The second-order valence-electron chi connectivity index (χ2n) is 6.12. The number of H-pyrrole nitrogens is 1. The lowest BCUT2D eigenvalue weighted by molar-refractivity contribution is 0.0947. The molecule has 1 unspecified atom stereocenters. The third kappa shape index (κ3) is 3.38. The largest absolute Gasteiger partial charge is 0.351 e. The normalized spacial score (nSPS) is 17.3. The van der Waals surface area contributed by atoms with E-state index >= 15 is 0 Å². The van der Waals surface area contributed by atoms with E-state index in [1.165, 1.54) is 6.42 Å². The Hall–Kier alpha value is -1.69. The van der Waals surface area contributed by atoms with Gasteiger partial charge in [0.2, 0.25) is 0 Å². The van der Waals surface area contributed by atoms with Gasteiger partial charge in [0.05, 0.1) is 5.01 Å². The van der Waals surface area contributed by atoms with Crippen molar-refractivity contribution in [2.45, 2.75) is 46.0 Å². The van der Waals surface area contributed by atoms with Crippen LogP contribution in [0.15, 0.2) is 5.38 Å². The predicted octanol–water partition coefficient (Wildman–Crippen LogP) is 2.66. The quantitative estimate of drug-likeness (QED) is 0.833. The number of rotatable bonds is 5. The van der Waals surface area contributed by atoms with Crippen LogP contribution in [0.1, 0.15) is 52.2 Å². The monoisotopic (exact) mass is 318 g/mol. The van der Waals surface area contributed by atoms with Crippen LogP contribution >= 0.6 is 11.3 Å². The van der Waals surface area contributed by atoms with Crippen LogP contribution in [0.5, 0.6) is 0 Å². The van der Waals surface area contributed by atoms with Gasteiger partial charge in [0, 0.05) is 35.3 Å². The van der Waals surface area contributed by atoms with Crippen LogP contribution in [0.25, 0.3) is 0 Å². The molecule has 1 aliphatic rings. The maximum atomic E-state index is 12.3. The molecule has 0 saturated heterocycles. The summed E-state index contributed by atoms with van der Waals surface area (Å²) < 4.78 is 0. The Labute approximate surface area is 134 Å². The first kappa shape index (κ1) is 15.2. The third-order valence-corrected chi connectivity index (χ3v) is 5.15. The van der Waals surface area contributed by atoms with E-state index in [2.05, 4.69) is 32.8 Å². The molecule has 6 heteroatoms. The van der Waals surface area contributed by atoms with Gasteiger partial charge in [-0.15, -0.1) is 11.3 Å². The number of hydrogen-bond acceptors (Lipinski definition) is 4. The number of nitrogens with one attached hydrogen (secondary N) is 2. The minimum atomic E-state index is -0.0538. The van der Waals surface area contributed by atoms with Gasteiger partial charge in [-0.2, -0.15) is 5.10 Å². The molecule has 2 aromatic heterocycles. The Kier molecular flexibility index (Phi) is 4.57. The fraction of sp³-hybridized carbons (Fsp3) is 0.562. The molecular weight excluding hydrogens is 296 g/mol. The molecule has 2 aromatic rings. The van der Waals surface area contributed by atoms with Gasteiger partial charge in [-0.1, -0.05) is 6.92 Å². The first-order valence-electron chi connectivity index (χ1n) is 7.89. The number of carbonyl (C=O) groups is 1. The van der Waals surface area contributed by atoms with E-state index in [4.69, 9.17) is 0 Å². The lowest BCUT2D eigenvalue weighted by Gasteiger charge is -2.17. The van der Waals surface area contributed by atoms with Crippen molar-refractivity contribution in [3.8, 4) is 0 Å². The molecule has 1 atom stereocenters. The second kappa shape index (κ2) is 6.60. The number of fused-ring (bicyclic) bond motifs is 1. The summed E-state index contributed by atoms with van der Waals surface area (Å²) in [5.74, 6) is 0.576. The highest BCUT2D eigenvalue weighted by atomic mass is 32.1. The van der Waals surface area contributed by atoms with Crippen LogP contribution in [-0.2, 0) is 19.3 Å². The molecule has 0 saturated carbocycles. The molecule has 0 fully saturated rings. The number of carbonyl (C=O) groups excluding carboxylic acids is 1. The maximum Gasteiger partial charge on any atom is 0.272 e. The molecule has 3 rings (SSSR count). The van der Waals surface area contributed by atoms with E-state index in [-0.39, 0.29) is 5.91 Å². The first-order chi connectivity index (χ1) is 10.6. The molecule has 22 heavy (non-hydrogen) atoms. The van der Waals surface area contributed by atoms with Crippen LogP contribution in [0.4, 0.5) is 0 Å². The highest BCUT2D eigenvalue weighted by molar-refractivity contribution is 7.09. The van der Waals surface area contributed by atoms with E-state index in [1.807, 2.05) is 6.92 Å². The summed E-state index contributed by atoms with van der Waals surface area (Å²) in [6, 6.07) is 0. The van der Waals surface area contributed by atoms with Crippen LogP contribution < -0.4 is 5.32 Å². The molecule has 0 bridgehead atoms. The number of aromatic amines is 1. The summed E-state index contributed by atoms with van der Waals surface area (Å²) in [4.78, 5) is 16.7. The summed E-state index contributed by atoms with van der Waals surface area (Å²) in [7, 11) is 0. The van der Waals surface area contributed by atoms with Gasteiger partial charge in [-0.25, -0.2) is 4.98 Å². The van der Waals surface area contributed by atoms with Crippen molar-refractivity contribution in [2.24, 2.45) is 5.92 Å². The van der Waals surface area contributed by atoms with Crippen molar-refractivity contribution < 1.29 is 4.79 Å². The number of amides is 1. The van der Waals surface area contributed by atoms with Crippen LogP contribution in [0.3, 0.4) is 0 Å². The molecule has 5 nitrogen and oxygen atoms in total. The smallest absolute Gasteiger partial charge is 0.272 e. The number of hydrogen-bond donors (Lipinski definition) is 2. The molecule has 118 valence electrons. The standard InChI is InChI=1S/C16H22N4OS/c1-10-5-6-13-12(8-10)15(20-19-13)16(21)17-7-3-4-14-18-11(2)9-22-14/h9-10H,3-8H2,1-2H3,(H,17,21)(H,19,20). The summed E-state index contributed by atoms with van der Waals surface area (Å²) in [5, 5.41) is 13.4. The van der Waals surface area contributed by atoms with Gasteiger partial charge >= 0.3 is 0 Å². The Bertz CT molecular complexity index is 661. The zero-order chi connectivity index (χ0) is 15.5. The zero-order valence-corrected chi connectivity index (χ0v) is 13.9. The summed E-state index contributed by atoms with van der Waals surface area (Å²) in [6.45, 7) is 4.89. The van der Waals surface area contributed by atoms with Crippen molar-refractivity contribution in [1.82, 2.24) is 20.5 Å². The fourth-order valence-electron chi connectivity index (χ4n) is 2.90. The van der Waals surface area contributed by atoms with E-state index < -0.39 is 0 Å². The van der Waals surface area contributed by atoms with Crippen molar-refractivity contribution >= 4 is 17.2 Å². The molecular formula is C16H22N4OS. The fourth-order valence-corrected chi connectivity index (χ4v) is 3.72. The highest BCUT2D eigenvalue weighted by Crippen LogP contribution is 2.26. The van der Waals surface area contributed by atoms with Gasteiger partial charge in [0.15, 0.2) is 5.69 Å². The lowest BCUT2D eigenvalue weighted by Crippen LogP contribution is -2.27. The second-order valence-corrected chi connectivity index (χ2v) is 7.06. The van der Waals surface area contributed by atoms with Gasteiger partial charge < -0.3 is 5.32 Å². The molecule has 0 spiro atoms. The van der Waals surface area contributed by atoms with Crippen molar-refractivity contribution in [1.29, 1.82) is 0 Å². The van der Waals surface area contributed by atoms with Gasteiger partial charge in [-0.3, -0.25) is 9.89 Å². The number of thiazole rings is 1. The van der Waals surface area contributed by atoms with E-state index in [1.54, 1.807) is 11.3 Å². The Morgan fingerprint density at radius 1 is 1.55 bits per heavy atom. The van der Waals surface area contributed by atoms with E-state index in [0.717, 1.165) is 47.6 Å². The number of aryl methyl sites for hydroxylation is 3. The van der Waals surface area contributed by atoms with E-state index in [9.17, 15) is 4.79 Å². The molecule has 2 heterocycles. The number of aromatic nitrogens is 3.